The molecule has 1 fully saturated rings. The normalized spacial score (nSPS) is 19.9. The lowest BCUT2D eigenvalue weighted by atomic mass is 9.89. The number of aryl methyl sites for hydroxylation is 1. The molecule has 0 aromatic carbocycles. The summed E-state index contributed by atoms with van der Waals surface area (Å²) in [6.45, 7) is 1.67. The molecule has 1 aliphatic heterocycles. The molecule has 0 bridgehead atoms. The predicted molar refractivity (Wildman–Crippen MR) is 59.4 cm³/mol. The third-order valence-electron chi connectivity index (χ3n) is 3.13. The number of nitrogens with one attached hydrogen (secondary N) is 1. The standard InChI is InChI=1S/C10H19N5O/c1-15-7-9(13-14-15)6-10(12-11)8-2-4-16-5-3-8/h7-8,10,12H,2-6,11H2,1H3. The van der Waals surface area contributed by atoms with Gasteiger partial charge in [-0.2, -0.15) is 0 Å². The molecule has 0 radical (unpaired) electrons. The van der Waals surface area contributed by atoms with E-state index in [2.05, 4.69) is 15.7 Å². The second-order valence-corrected chi connectivity index (χ2v) is 4.31. The second-order valence-electron chi connectivity index (χ2n) is 4.31. The Balaban J connectivity index is 1.94. The van der Waals surface area contributed by atoms with Crippen LogP contribution in [0.25, 0.3) is 0 Å². The SMILES string of the molecule is Cn1cc(CC(NN)C2CCOCC2)nn1. The second kappa shape index (κ2) is 5.38. The molecule has 2 heterocycles. The molecule has 0 amide bonds. The van der Waals surface area contributed by atoms with Crippen LogP contribution in [0.15, 0.2) is 6.20 Å². The average Bonchev–Trinajstić information content (AvgIpc) is 2.73. The molecule has 16 heavy (non-hydrogen) atoms. The Bertz CT molecular complexity index is 321. The summed E-state index contributed by atoms with van der Waals surface area (Å²) < 4.78 is 7.06. The Morgan fingerprint density at radius 1 is 1.62 bits per heavy atom. The lowest BCUT2D eigenvalue weighted by Crippen LogP contribution is -2.44. The van der Waals surface area contributed by atoms with Gasteiger partial charge in [0.25, 0.3) is 0 Å². The minimum atomic E-state index is 0.264. The van der Waals surface area contributed by atoms with Gasteiger partial charge >= 0.3 is 0 Å². The molecule has 1 aliphatic rings. The monoisotopic (exact) mass is 225 g/mol. The van der Waals surface area contributed by atoms with E-state index in [0.29, 0.717) is 5.92 Å². The van der Waals surface area contributed by atoms with Crippen LogP contribution in [0.2, 0.25) is 0 Å². The van der Waals surface area contributed by atoms with Crippen molar-refractivity contribution in [3.63, 3.8) is 0 Å². The molecule has 1 aromatic heterocycles. The van der Waals surface area contributed by atoms with Crippen molar-refractivity contribution in [2.75, 3.05) is 13.2 Å². The van der Waals surface area contributed by atoms with Crippen molar-refractivity contribution in [2.24, 2.45) is 18.8 Å². The van der Waals surface area contributed by atoms with Crippen molar-refractivity contribution in [1.82, 2.24) is 20.4 Å². The minimum absolute atomic E-state index is 0.264. The molecule has 0 spiro atoms. The summed E-state index contributed by atoms with van der Waals surface area (Å²) in [5.41, 5.74) is 3.88. The zero-order chi connectivity index (χ0) is 11.4. The van der Waals surface area contributed by atoms with E-state index in [1.165, 1.54) is 0 Å². The molecule has 3 N–H and O–H groups in total. The Labute approximate surface area is 95.1 Å². The first-order valence-corrected chi connectivity index (χ1v) is 5.68. The molecule has 0 saturated carbocycles. The molecule has 2 rings (SSSR count). The fourth-order valence-electron chi connectivity index (χ4n) is 2.19. The van der Waals surface area contributed by atoms with Gasteiger partial charge in [0.2, 0.25) is 0 Å². The van der Waals surface area contributed by atoms with E-state index in [0.717, 1.165) is 38.2 Å². The lowest BCUT2D eigenvalue weighted by Gasteiger charge is -2.29. The van der Waals surface area contributed by atoms with Crippen molar-refractivity contribution in [3.8, 4) is 0 Å². The van der Waals surface area contributed by atoms with Crippen LogP contribution in [0.4, 0.5) is 0 Å². The van der Waals surface area contributed by atoms with Gasteiger partial charge in [-0.25, -0.2) is 0 Å². The van der Waals surface area contributed by atoms with Crippen LogP contribution < -0.4 is 11.3 Å². The van der Waals surface area contributed by atoms with E-state index in [1.807, 2.05) is 13.2 Å². The van der Waals surface area contributed by atoms with Crippen LogP contribution in [0.3, 0.4) is 0 Å². The summed E-state index contributed by atoms with van der Waals surface area (Å²) in [4.78, 5) is 0. The highest BCUT2D eigenvalue weighted by Crippen LogP contribution is 2.20. The van der Waals surface area contributed by atoms with Gasteiger partial charge in [-0.1, -0.05) is 5.21 Å². The van der Waals surface area contributed by atoms with Crippen molar-refractivity contribution >= 4 is 0 Å². The van der Waals surface area contributed by atoms with E-state index in [4.69, 9.17) is 10.6 Å². The number of aromatic nitrogens is 3. The van der Waals surface area contributed by atoms with Crippen LogP contribution >= 0.6 is 0 Å². The number of hydrogen-bond acceptors (Lipinski definition) is 5. The lowest BCUT2D eigenvalue weighted by molar-refractivity contribution is 0.0536. The fourth-order valence-corrected chi connectivity index (χ4v) is 2.19. The van der Waals surface area contributed by atoms with Gasteiger partial charge in [-0.3, -0.25) is 16.0 Å². The zero-order valence-corrected chi connectivity index (χ0v) is 9.59. The Morgan fingerprint density at radius 3 is 2.94 bits per heavy atom. The Morgan fingerprint density at radius 2 is 2.38 bits per heavy atom. The highest BCUT2D eigenvalue weighted by Gasteiger charge is 2.24. The summed E-state index contributed by atoms with van der Waals surface area (Å²) in [5.74, 6) is 6.18. The Kier molecular flexibility index (Phi) is 3.87. The molecule has 90 valence electrons. The molecule has 1 unspecified atom stereocenters. The third kappa shape index (κ3) is 2.78. The smallest absolute Gasteiger partial charge is 0.0843 e. The Hall–Kier alpha value is -0.980. The van der Waals surface area contributed by atoms with Crippen LogP contribution in [-0.2, 0) is 18.2 Å². The molecule has 0 aliphatic carbocycles. The van der Waals surface area contributed by atoms with Crippen molar-refractivity contribution in [2.45, 2.75) is 25.3 Å². The minimum Gasteiger partial charge on any atom is -0.381 e. The maximum absolute atomic E-state index is 5.61. The largest absolute Gasteiger partial charge is 0.381 e. The first-order chi connectivity index (χ1) is 7.79. The van der Waals surface area contributed by atoms with E-state index >= 15 is 0 Å². The quantitative estimate of drug-likeness (QED) is 0.539. The third-order valence-corrected chi connectivity index (χ3v) is 3.13. The molecular formula is C10H19N5O. The predicted octanol–water partition coefficient (Wildman–Crippen LogP) is -0.384. The summed E-state index contributed by atoms with van der Waals surface area (Å²) in [7, 11) is 1.87. The van der Waals surface area contributed by atoms with Gasteiger partial charge in [0.05, 0.1) is 5.69 Å². The molecule has 6 nitrogen and oxygen atoms in total. The summed E-state index contributed by atoms with van der Waals surface area (Å²) in [6, 6.07) is 0.264. The number of nitrogens with zero attached hydrogens (tertiary/aromatic N) is 3. The average molecular weight is 225 g/mol. The molecular weight excluding hydrogens is 206 g/mol. The summed E-state index contributed by atoms with van der Waals surface area (Å²) in [6.07, 6.45) is 4.89. The van der Waals surface area contributed by atoms with E-state index in [-0.39, 0.29) is 6.04 Å². The number of rotatable bonds is 4. The van der Waals surface area contributed by atoms with Crippen LogP contribution in [0.1, 0.15) is 18.5 Å². The van der Waals surface area contributed by atoms with Gasteiger partial charge in [0.15, 0.2) is 0 Å². The van der Waals surface area contributed by atoms with Crippen LogP contribution in [-0.4, -0.2) is 34.2 Å². The van der Waals surface area contributed by atoms with Gasteiger partial charge in [-0.05, 0) is 18.8 Å². The summed E-state index contributed by atoms with van der Waals surface area (Å²) in [5, 5.41) is 8.01. The highest BCUT2D eigenvalue weighted by molar-refractivity contribution is 4.97. The number of hydrogen-bond donors (Lipinski definition) is 2. The number of hydrazine groups is 1. The van der Waals surface area contributed by atoms with E-state index in [9.17, 15) is 0 Å². The van der Waals surface area contributed by atoms with Crippen molar-refractivity contribution in [3.05, 3.63) is 11.9 Å². The van der Waals surface area contributed by atoms with Gasteiger partial charge in [0, 0.05) is 38.9 Å². The summed E-state index contributed by atoms with van der Waals surface area (Å²) >= 11 is 0. The molecule has 1 atom stereocenters. The van der Waals surface area contributed by atoms with E-state index in [1.54, 1.807) is 4.68 Å². The topological polar surface area (TPSA) is 78.0 Å². The number of nitrogens with two attached hydrogens (primary N) is 1. The maximum Gasteiger partial charge on any atom is 0.0843 e. The van der Waals surface area contributed by atoms with Gasteiger partial charge in [-0.15, -0.1) is 5.10 Å². The van der Waals surface area contributed by atoms with Crippen molar-refractivity contribution in [1.29, 1.82) is 0 Å². The molecule has 1 saturated heterocycles. The van der Waals surface area contributed by atoms with Gasteiger partial charge < -0.3 is 4.74 Å². The molecule has 6 heteroatoms. The van der Waals surface area contributed by atoms with Crippen molar-refractivity contribution < 1.29 is 4.74 Å². The zero-order valence-electron chi connectivity index (χ0n) is 9.59. The fraction of sp³-hybridized carbons (Fsp3) is 0.800. The maximum atomic E-state index is 5.61. The van der Waals surface area contributed by atoms with Crippen LogP contribution in [0, 0.1) is 5.92 Å². The highest BCUT2D eigenvalue weighted by atomic mass is 16.5. The molecule has 1 aromatic rings. The number of ether oxygens (including phenoxy) is 1. The van der Waals surface area contributed by atoms with Gasteiger partial charge in [0.1, 0.15) is 0 Å². The first-order valence-electron chi connectivity index (χ1n) is 5.68. The first kappa shape index (κ1) is 11.5. The van der Waals surface area contributed by atoms with Crippen LogP contribution in [0.5, 0.6) is 0 Å². The van der Waals surface area contributed by atoms with E-state index < -0.39 is 0 Å².